The molecule has 0 saturated heterocycles. The molecule has 28 heavy (non-hydrogen) atoms. The van der Waals surface area contributed by atoms with Crippen LogP contribution in [0.15, 0.2) is 60.9 Å². The molecule has 1 aliphatic rings. The minimum Gasteiger partial charge on any atom is -0.482 e. The summed E-state index contributed by atoms with van der Waals surface area (Å²) in [5.74, 6) is 1.03. The number of aromatic nitrogens is 2. The molecule has 2 heterocycles. The Balaban J connectivity index is 1.34. The van der Waals surface area contributed by atoms with E-state index in [0.29, 0.717) is 30.0 Å². The summed E-state index contributed by atoms with van der Waals surface area (Å²) in [6.07, 6.45) is 4.34. The van der Waals surface area contributed by atoms with E-state index in [1.807, 2.05) is 24.4 Å². The number of fused-ring (bicyclic) bond motifs is 1. The van der Waals surface area contributed by atoms with Crippen molar-refractivity contribution in [2.24, 2.45) is 0 Å². The first kappa shape index (κ1) is 17.8. The Bertz CT molecular complexity index is 998. The molecule has 2 amide bonds. The van der Waals surface area contributed by atoms with Crippen LogP contribution in [0.1, 0.15) is 21.7 Å². The first-order valence-corrected chi connectivity index (χ1v) is 9.08. The van der Waals surface area contributed by atoms with Crippen LogP contribution >= 0.6 is 0 Å². The fraction of sp³-hybridized carbons (Fsp3) is 0.190. The lowest BCUT2D eigenvalue weighted by molar-refractivity contribution is -0.118. The van der Waals surface area contributed by atoms with Crippen molar-refractivity contribution in [3.8, 4) is 5.75 Å². The maximum atomic E-state index is 12.4. The van der Waals surface area contributed by atoms with Gasteiger partial charge >= 0.3 is 0 Å². The normalized spacial score (nSPS) is 12.6. The van der Waals surface area contributed by atoms with E-state index >= 15 is 0 Å². The standard InChI is InChI=1S/C21H20N4O3/c26-20-14-28-18-12-16(6-7-17(18)24-20)21(27)23-9-8-19-22-10-11-25(19)13-15-4-2-1-3-5-15/h1-7,10-12H,8-9,13-14H2,(H,23,27)(H,24,26). The van der Waals surface area contributed by atoms with Crippen LogP contribution in [0.25, 0.3) is 0 Å². The first-order chi connectivity index (χ1) is 13.7. The highest BCUT2D eigenvalue weighted by molar-refractivity contribution is 5.98. The maximum absolute atomic E-state index is 12.4. The van der Waals surface area contributed by atoms with Gasteiger partial charge in [-0.1, -0.05) is 30.3 Å². The van der Waals surface area contributed by atoms with Crippen LogP contribution in [0.4, 0.5) is 5.69 Å². The van der Waals surface area contributed by atoms with Crippen molar-refractivity contribution in [1.29, 1.82) is 0 Å². The minimum absolute atomic E-state index is 0.0395. The van der Waals surface area contributed by atoms with Gasteiger partial charge in [0.1, 0.15) is 11.6 Å². The SMILES string of the molecule is O=C1COc2cc(C(=O)NCCc3nccn3Cc3ccccc3)ccc2N1. The molecule has 4 rings (SSSR count). The second-order valence-electron chi connectivity index (χ2n) is 6.51. The van der Waals surface area contributed by atoms with Crippen molar-refractivity contribution in [2.45, 2.75) is 13.0 Å². The Kier molecular flexibility index (Phi) is 5.05. The van der Waals surface area contributed by atoms with E-state index in [-0.39, 0.29) is 18.4 Å². The van der Waals surface area contributed by atoms with Gasteiger partial charge in [-0.05, 0) is 23.8 Å². The average Bonchev–Trinajstić information content (AvgIpc) is 3.15. The quantitative estimate of drug-likeness (QED) is 0.691. The van der Waals surface area contributed by atoms with E-state index in [1.54, 1.807) is 24.4 Å². The average molecular weight is 376 g/mol. The van der Waals surface area contributed by atoms with Crippen molar-refractivity contribution in [3.63, 3.8) is 0 Å². The monoisotopic (exact) mass is 376 g/mol. The number of amides is 2. The number of carbonyl (C=O) groups excluding carboxylic acids is 2. The number of nitrogens with one attached hydrogen (secondary N) is 2. The predicted molar refractivity (Wildman–Crippen MR) is 104 cm³/mol. The number of hydrogen-bond acceptors (Lipinski definition) is 4. The van der Waals surface area contributed by atoms with Gasteiger partial charge in [-0.25, -0.2) is 4.98 Å². The van der Waals surface area contributed by atoms with Crippen LogP contribution in [0, 0.1) is 0 Å². The van der Waals surface area contributed by atoms with E-state index in [2.05, 4.69) is 32.3 Å². The molecule has 0 saturated carbocycles. The molecule has 2 aromatic carbocycles. The Morgan fingerprint density at radius 3 is 2.93 bits per heavy atom. The van der Waals surface area contributed by atoms with E-state index in [1.165, 1.54) is 5.56 Å². The molecule has 7 nitrogen and oxygen atoms in total. The lowest BCUT2D eigenvalue weighted by atomic mass is 10.1. The van der Waals surface area contributed by atoms with Crippen LogP contribution in [0.5, 0.6) is 5.75 Å². The number of rotatable bonds is 6. The Morgan fingerprint density at radius 1 is 1.21 bits per heavy atom. The second-order valence-corrected chi connectivity index (χ2v) is 6.51. The zero-order valence-corrected chi connectivity index (χ0v) is 15.2. The highest BCUT2D eigenvalue weighted by atomic mass is 16.5. The van der Waals surface area contributed by atoms with Crippen LogP contribution in [-0.2, 0) is 17.8 Å². The lowest BCUT2D eigenvalue weighted by Crippen LogP contribution is -2.28. The maximum Gasteiger partial charge on any atom is 0.262 e. The van der Waals surface area contributed by atoms with Crippen LogP contribution in [0.2, 0.25) is 0 Å². The topological polar surface area (TPSA) is 85.2 Å². The lowest BCUT2D eigenvalue weighted by Gasteiger charge is -2.18. The fourth-order valence-corrected chi connectivity index (χ4v) is 3.10. The van der Waals surface area contributed by atoms with Gasteiger partial charge in [-0.15, -0.1) is 0 Å². The zero-order chi connectivity index (χ0) is 19.3. The largest absolute Gasteiger partial charge is 0.482 e. The molecule has 0 atom stereocenters. The Hall–Kier alpha value is -3.61. The molecule has 0 radical (unpaired) electrons. The third-order valence-corrected chi connectivity index (χ3v) is 4.51. The van der Waals surface area contributed by atoms with Gasteiger partial charge in [0.05, 0.1) is 5.69 Å². The summed E-state index contributed by atoms with van der Waals surface area (Å²) < 4.78 is 7.44. The van der Waals surface area contributed by atoms with Gasteiger partial charge in [0, 0.05) is 37.5 Å². The number of ether oxygens (including phenoxy) is 1. The molecule has 142 valence electrons. The summed E-state index contributed by atoms with van der Waals surface area (Å²) in [6, 6.07) is 15.2. The van der Waals surface area contributed by atoms with Gasteiger partial charge in [0.15, 0.2) is 6.61 Å². The van der Waals surface area contributed by atoms with E-state index in [0.717, 1.165) is 12.4 Å². The number of anilines is 1. The van der Waals surface area contributed by atoms with Gasteiger partial charge < -0.3 is 19.9 Å². The summed E-state index contributed by atoms with van der Waals surface area (Å²) in [6.45, 7) is 1.18. The molecule has 1 aliphatic heterocycles. The summed E-state index contributed by atoms with van der Waals surface area (Å²) in [4.78, 5) is 28.1. The molecule has 0 unspecified atom stereocenters. The smallest absolute Gasteiger partial charge is 0.262 e. The minimum atomic E-state index is -0.198. The van der Waals surface area contributed by atoms with Gasteiger partial charge in [0.25, 0.3) is 11.8 Å². The molecular weight excluding hydrogens is 356 g/mol. The number of hydrogen-bond donors (Lipinski definition) is 2. The van der Waals surface area contributed by atoms with Crippen LogP contribution in [-0.4, -0.2) is 34.5 Å². The highest BCUT2D eigenvalue weighted by Crippen LogP contribution is 2.28. The van der Waals surface area contributed by atoms with Crippen LogP contribution in [0.3, 0.4) is 0 Å². The van der Waals surface area contributed by atoms with Crippen molar-refractivity contribution >= 4 is 17.5 Å². The van der Waals surface area contributed by atoms with Gasteiger partial charge in [-0.2, -0.15) is 0 Å². The Morgan fingerprint density at radius 2 is 2.07 bits per heavy atom. The first-order valence-electron chi connectivity index (χ1n) is 9.08. The number of nitrogens with zero attached hydrogens (tertiary/aromatic N) is 2. The predicted octanol–water partition coefficient (Wildman–Crippen LogP) is 2.23. The van der Waals surface area contributed by atoms with E-state index in [4.69, 9.17) is 4.74 Å². The Labute approximate surface area is 162 Å². The molecular formula is C21H20N4O3. The molecule has 0 spiro atoms. The molecule has 2 N–H and O–H groups in total. The third-order valence-electron chi connectivity index (χ3n) is 4.51. The van der Waals surface area contributed by atoms with Gasteiger partial charge in [0.2, 0.25) is 0 Å². The number of benzene rings is 2. The summed E-state index contributed by atoms with van der Waals surface area (Å²) in [7, 11) is 0. The molecule has 7 heteroatoms. The van der Waals surface area contributed by atoms with E-state index in [9.17, 15) is 9.59 Å². The van der Waals surface area contributed by atoms with Crippen molar-refractivity contribution < 1.29 is 14.3 Å². The molecule has 3 aromatic rings. The second kappa shape index (κ2) is 7.96. The summed E-state index contributed by atoms with van der Waals surface area (Å²) in [5.41, 5.74) is 2.27. The summed E-state index contributed by atoms with van der Waals surface area (Å²) in [5, 5.41) is 5.62. The van der Waals surface area contributed by atoms with Crippen molar-refractivity contribution in [2.75, 3.05) is 18.5 Å². The summed E-state index contributed by atoms with van der Waals surface area (Å²) >= 11 is 0. The molecule has 0 fully saturated rings. The van der Waals surface area contributed by atoms with Crippen molar-refractivity contribution in [3.05, 3.63) is 77.9 Å². The third kappa shape index (κ3) is 4.03. The number of imidazole rings is 1. The van der Waals surface area contributed by atoms with Crippen molar-refractivity contribution in [1.82, 2.24) is 14.9 Å². The number of carbonyl (C=O) groups is 2. The van der Waals surface area contributed by atoms with Gasteiger partial charge in [-0.3, -0.25) is 9.59 Å². The fourth-order valence-electron chi connectivity index (χ4n) is 3.10. The highest BCUT2D eigenvalue weighted by Gasteiger charge is 2.17. The molecule has 0 aliphatic carbocycles. The molecule has 1 aromatic heterocycles. The molecule has 0 bridgehead atoms. The van der Waals surface area contributed by atoms with Crippen LogP contribution < -0.4 is 15.4 Å². The van der Waals surface area contributed by atoms with E-state index < -0.39 is 0 Å². The zero-order valence-electron chi connectivity index (χ0n) is 15.2.